The van der Waals surface area contributed by atoms with Crippen LogP contribution in [0.2, 0.25) is 0 Å². The molecule has 25 heavy (non-hydrogen) atoms. The van der Waals surface area contributed by atoms with Crippen molar-refractivity contribution in [2.24, 2.45) is 0 Å². The van der Waals surface area contributed by atoms with E-state index in [9.17, 15) is 14.9 Å². The first kappa shape index (κ1) is 18.8. The number of amides is 1. The molecule has 0 unspecified atom stereocenters. The van der Waals surface area contributed by atoms with Crippen molar-refractivity contribution in [2.45, 2.75) is 51.0 Å². The summed E-state index contributed by atoms with van der Waals surface area (Å²) in [6, 6.07) is 8.79. The van der Waals surface area contributed by atoms with Crippen LogP contribution in [0.15, 0.2) is 24.3 Å². The summed E-state index contributed by atoms with van der Waals surface area (Å²) < 4.78 is 10.5. The second-order valence-electron chi connectivity index (χ2n) is 6.25. The van der Waals surface area contributed by atoms with Crippen molar-refractivity contribution in [2.75, 3.05) is 13.2 Å². The molecule has 2 rings (SSSR count). The molecule has 6 heteroatoms. The fraction of sp³-hybridized carbons (Fsp3) is 0.526. The SMILES string of the molecule is CCCOc1ccc(C(=O)OCC(=O)NC2(C#N)CCCCC2)cc1. The summed E-state index contributed by atoms with van der Waals surface area (Å²) in [5.41, 5.74) is -0.468. The second kappa shape index (κ2) is 9.07. The molecule has 0 radical (unpaired) electrons. The highest BCUT2D eigenvalue weighted by Crippen LogP contribution is 2.27. The molecular formula is C19H24N2O4. The Morgan fingerprint density at radius 3 is 2.48 bits per heavy atom. The number of benzene rings is 1. The van der Waals surface area contributed by atoms with Gasteiger partial charge in [0, 0.05) is 0 Å². The van der Waals surface area contributed by atoms with Gasteiger partial charge in [-0.15, -0.1) is 0 Å². The lowest BCUT2D eigenvalue weighted by Gasteiger charge is -2.31. The molecule has 134 valence electrons. The largest absolute Gasteiger partial charge is 0.494 e. The van der Waals surface area contributed by atoms with Crippen LogP contribution in [-0.2, 0) is 9.53 Å². The molecular weight excluding hydrogens is 320 g/mol. The number of nitriles is 1. The lowest BCUT2D eigenvalue weighted by molar-refractivity contribution is -0.125. The van der Waals surface area contributed by atoms with Crippen molar-refractivity contribution in [3.63, 3.8) is 0 Å². The summed E-state index contributed by atoms with van der Waals surface area (Å²) in [5.74, 6) is -0.337. The lowest BCUT2D eigenvalue weighted by Crippen LogP contribution is -2.50. The van der Waals surface area contributed by atoms with Crippen LogP contribution in [0.25, 0.3) is 0 Å². The van der Waals surface area contributed by atoms with Crippen LogP contribution in [0.4, 0.5) is 0 Å². The summed E-state index contributed by atoms with van der Waals surface area (Å²) in [5, 5.41) is 12.1. The maximum Gasteiger partial charge on any atom is 0.338 e. The first-order chi connectivity index (χ1) is 12.1. The summed E-state index contributed by atoms with van der Waals surface area (Å²) in [4.78, 5) is 24.0. The van der Waals surface area contributed by atoms with E-state index in [4.69, 9.17) is 9.47 Å². The van der Waals surface area contributed by atoms with E-state index in [0.717, 1.165) is 25.7 Å². The third-order valence-corrected chi connectivity index (χ3v) is 4.20. The Hall–Kier alpha value is -2.55. The smallest absolute Gasteiger partial charge is 0.338 e. The van der Waals surface area contributed by atoms with Crippen LogP contribution >= 0.6 is 0 Å². The fourth-order valence-corrected chi connectivity index (χ4v) is 2.84. The number of rotatable bonds is 7. The quantitative estimate of drug-likeness (QED) is 0.768. The van der Waals surface area contributed by atoms with Crippen molar-refractivity contribution in [3.8, 4) is 11.8 Å². The van der Waals surface area contributed by atoms with Crippen molar-refractivity contribution < 1.29 is 19.1 Å². The molecule has 0 aromatic heterocycles. The van der Waals surface area contributed by atoms with Gasteiger partial charge in [0.2, 0.25) is 0 Å². The number of ether oxygens (including phenoxy) is 2. The van der Waals surface area contributed by atoms with Crippen molar-refractivity contribution in [3.05, 3.63) is 29.8 Å². The van der Waals surface area contributed by atoms with Gasteiger partial charge in [-0.05, 0) is 43.5 Å². The Bertz CT molecular complexity index is 628. The molecule has 1 aromatic carbocycles. The molecule has 1 aromatic rings. The lowest BCUT2D eigenvalue weighted by atomic mass is 9.83. The molecule has 0 aliphatic heterocycles. The van der Waals surface area contributed by atoms with Crippen LogP contribution in [-0.4, -0.2) is 30.6 Å². The minimum absolute atomic E-state index is 0.351. The first-order valence-corrected chi connectivity index (χ1v) is 8.71. The highest BCUT2D eigenvalue weighted by atomic mass is 16.5. The molecule has 6 nitrogen and oxygen atoms in total. The van der Waals surface area contributed by atoms with E-state index in [1.165, 1.54) is 0 Å². The normalized spacial score (nSPS) is 15.7. The van der Waals surface area contributed by atoms with Gasteiger partial charge in [0.25, 0.3) is 5.91 Å². The van der Waals surface area contributed by atoms with Gasteiger partial charge >= 0.3 is 5.97 Å². The molecule has 0 atom stereocenters. The third kappa shape index (κ3) is 5.49. The fourth-order valence-electron chi connectivity index (χ4n) is 2.84. The molecule has 0 heterocycles. The molecule has 0 spiro atoms. The topological polar surface area (TPSA) is 88.4 Å². The van der Waals surface area contributed by atoms with Crippen molar-refractivity contribution in [1.29, 1.82) is 5.26 Å². The Kier molecular flexibility index (Phi) is 6.81. The third-order valence-electron chi connectivity index (χ3n) is 4.20. The number of nitrogens with zero attached hydrogens (tertiary/aromatic N) is 1. The molecule has 1 fully saturated rings. The minimum Gasteiger partial charge on any atom is -0.494 e. The van der Waals surface area contributed by atoms with E-state index in [1.54, 1.807) is 24.3 Å². The summed E-state index contributed by atoms with van der Waals surface area (Å²) in [7, 11) is 0. The van der Waals surface area contributed by atoms with Crippen LogP contribution < -0.4 is 10.1 Å². The molecule has 1 aliphatic carbocycles. The highest BCUT2D eigenvalue weighted by molar-refractivity contribution is 5.91. The van der Waals surface area contributed by atoms with Crippen molar-refractivity contribution in [1.82, 2.24) is 5.32 Å². The van der Waals surface area contributed by atoms with Gasteiger partial charge in [0.05, 0.1) is 18.2 Å². The van der Waals surface area contributed by atoms with Crippen molar-refractivity contribution >= 4 is 11.9 Å². The van der Waals surface area contributed by atoms with E-state index in [0.29, 0.717) is 30.8 Å². The Morgan fingerprint density at radius 1 is 1.20 bits per heavy atom. The summed E-state index contributed by atoms with van der Waals surface area (Å²) >= 11 is 0. The first-order valence-electron chi connectivity index (χ1n) is 8.71. The van der Waals surface area contributed by atoms with E-state index < -0.39 is 24.0 Å². The number of nitrogens with one attached hydrogen (secondary N) is 1. The van der Waals surface area contributed by atoms with E-state index in [-0.39, 0.29) is 0 Å². The van der Waals surface area contributed by atoms with Gasteiger partial charge in [-0.1, -0.05) is 26.2 Å². The number of esters is 1. The molecule has 0 saturated heterocycles. The van der Waals surface area contributed by atoms with Gasteiger partial charge in [0.1, 0.15) is 11.3 Å². The second-order valence-corrected chi connectivity index (χ2v) is 6.25. The minimum atomic E-state index is -0.819. The zero-order valence-corrected chi connectivity index (χ0v) is 14.5. The molecule has 1 aliphatic rings. The molecule has 1 saturated carbocycles. The zero-order chi connectivity index (χ0) is 18.1. The van der Waals surface area contributed by atoms with Gasteiger partial charge in [0.15, 0.2) is 6.61 Å². The molecule has 1 N–H and O–H groups in total. The van der Waals surface area contributed by atoms with Crippen LogP contribution in [0, 0.1) is 11.3 Å². The van der Waals surface area contributed by atoms with Gasteiger partial charge < -0.3 is 14.8 Å². The van der Waals surface area contributed by atoms with Crippen LogP contribution in [0.1, 0.15) is 55.8 Å². The van der Waals surface area contributed by atoms with Crippen LogP contribution in [0.5, 0.6) is 5.75 Å². The zero-order valence-electron chi connectivity index (χ0n) is 14.5. The number of carbonyl (C=O) groups excluding carboxylic acids is 2. The Morgan fingerprint density at radius 2 is 1.88 bits per heavy atom. The molecule has 1 amide bonds. The average molecular weight is 344 g/mol. The van der Waals surface area contributed by atoms with E-state index in [2.05, 4.69) is 11.4 Å². The van der Waals surface area contributed by atoms with E-state index in [1.807, 2.05) is 6.92 Å². The summed E-state index contributed by atoms with van der Waals surface area (Å²) in [6.07, 6.45) is 5.10. The van der Waals surface area contributed by atoms with Gasteiger partial charge in [-0.2, -0.15) is 5.26 Å². The number of hydrogen-bond donors (Lipinski definition) is 1. The predicted molar refractivity (Wildman–Crippen MR) is 92.1 cm³/mol. The van der Waals surface area contributed by atoms with Crippen LogP contribution in [0.3, 0.4) is 0 Å². The monoisotopic (exact) mass is 344 g/mol. The Balaban J connectivity index is 1.82. The maximum atomic E-state index is 12.0. The number of hydrogen-bond acceptors (Lipinski definition) is 5. The van der Waals surface area contributed by atoms with Gasteiger partial charge in [-0.3, -0.25) is 4.79 Å². The summed E-state index contributed by atoms with van der Waals surface area (Å²) in [6.45, 7) is 2.24. The maximum absolute atomic E-state index is 12.0. The van der Waals surface area contributed by atoms with E-state index >= 15 is 0 Å². The van der Waals surface area contributed by atoms with Gasteiger partial charge in [-0.25, -0.2) is 4.79 Å². The Labute approximate surface area is 148 Å². The average Bonchev–Trinajstić information content (AvgIpc) is 2.65. The predicted octanol–water partition coefficient (Wildman–Crippen LogP) is 2.97. The molecule has 0 bridgehead atoms. The number of carbonyl (C=O) groups is 2. The standard InChI is InChI=1S/C19H24N2O4/c1-2-12-24-16-8-6-15(7-9-16)18(23)25-13-17(22)21-19(14-20)10-4-3-5-11-19/h6-9H,2-5,10-13H2,1H3,(H,21,22). The highest BCUT2D eigenvalue weighted by Gasteiger charge is 2.33.